The van der Waals surface area contributed by atoms with Gasteiger partial charge in [0.15, 0.2) is 0 Å². The summed E-state index contributed by atoms with van der Waals surface area (Å²) in [5.41, 5.74) is 1.49. The third-order valence-electron chi connectivity index (χ3n) is 3.98. The molecule has 1 saturated carbocycles. The summed E-state index contributed by atoms with van der Waals surface area (Å²) in [5, 5.41) is 13.8. The minimum atomic E-state index is -0.363. The Balaban J connectivity index is 1.96. The molecule has 20 heavy (non-hydrogen) atoms. The summed E-state index contributed by atoms with van der Waals surface area (Å²) in [4.78, 5) is 10.6. The Bertz CT molecular complexity index is 468. The van der Waals surface area contributed by atoms with E-state index in [2.05, 4.69) is 12.2 Å². The normalized spacial score (nSPS) is 22.5. The first-order valence-electron chi connectivity index (χ1n) is 7.17. The number of hydrogen-bond acceptors (Lipinski definition) is 4. The number of benzene rings is 1. The van der Waals surface area contributed by atoms with Crippen LogP contribution in [0.2, 0.25) is 0 Å². The lowest BCUT2D eigenvalue weighted by atomic mass is 9.89. The molecule has 0 spiro atoms. The van der Waals surface area contributed by atoms with Crippen molar-refractivity contribution in [3.8, 4) is 0 Å². The van der Waals surface area contributed by atoms with Crippen LogP contribution in [0.15, 0.2) is 18.2 Å². The second kappa shape index (κ2) is 6.70. The number of nitro benzene ring substituents is 1. The Hall–Kier alpha value is -1.62. The summed E-state index contributed by atoms with van der Waals surface area (Å²) in [6, 6.07) is 5.21. The van der Waals surface area contributed by atoms with Crippen LogP contribution in [0.5, 0.6) is 0 Å². The fourth-order valence-corrected chi connectivity index (χ4v) is 2.64. The Morgan fingerprint density at radius 1 is 1.35 bits per heavy atom. The van der Waals surface area contributed by atoms with E-state index in [0.717, 1.165) is 24.3 Å². The van der Waals surface area contributed by atoms with Crippen LogP contribution in [0.1, 0.15) is 38.2 Å². The van der Waals surface area contributed by atoms with Crippen molar-refractivity contribution in [2.45, 2.75) is 45.3 Å². The van der Waals surface area contributed by atoms with Crippen molar-refractivity contribution in [1.82, 2.24) is 0 Å². The van der Waals surface area contributed by atoms with Gasteiger partial charge in [0.25, 0.3) is 5.69 Å². The molecule has 0 amide bonds. The average Bonchev–Trinajstić information content (AvgIpc) is 2.46. The van der Waals surface area contributed by atoms with Gasteiger partial charge in [-0.05, 0) is 43.2 Å². The number of nitro groups is 1. The van der Waals surface area contributed by atoms with Crippen molar-refractivity contribution >= 4 is 11.4 Å². The van der Waals surface area contributed by atoms with E-state index in [-0.39, 0.29) is 10.6 Å². The highest BCUT2D eigenvalue weighted by atomic mass is 16.6. The molecule has 0 heterocycles. The van der Waals surface area contributed by atoms with Crippen molar-refractivity contribution in [3.05, 3.63) is 33.9 Å². The van der Waals surface area contributed by atoms with E-state index in [1.165, 1.54) is 12.8 Å². The summed E-state index contributed by atoms with van der Waals surface area (Å²) < 4.78 is 5.88. The second-order valence-electron chi connectivity index (χ2n) is 5.55. The smallest absolute Gasteiger partial charge is 0.292 e. The van der Waals surface area contributed by atoms with Crippen molar-refractivity contribution < 1.29 is 9.66 Å². The van der Waals surface area contributed by atoms with E-state index in [1.807, 2.05) is 6.07 Å². The van der Waals surface area contributed by atoms with Gasteiger partial charge in [-0.1, -0.05) is 13.0 Å². The van der Waals surface area contributed by atoms with Gasteiger partial charge in [0.2, 0.25) is 0 Å². The van der Waals surface area contributed by atoms with Crippen LogP contribution in [0.3, 0.4) is 0 Å². The van der Waals surface area contributed by atoms with Crippen molar-refractivity contribution in [2.75, 3.05) is 12.4 Å². The van der Waals surface area contributed by atoms with E-state index in [9.17, 15) is 10.1 Å². The fourth-order valence-electron chi connectivity index (χ4n) is 2.64. The first-order valence-corrected chi connectivity index (χ1v) is 7.17. The van der Waals surface area contributed by atoms with E-state index < -0.39 is 0 Å². The minimum Gasteiger partial charge on any atom is -0.383 e. The van der Waals surface area contributed by atoms with Crippen molar-refractivity contribution in [2.24, 2.45) is 5.92 Å². The molecular formula is C15H22N2O3. The number of rotatable bonds is 5. The molecule has 110 valence electrons. The van der Waals surface area contributed by atoms with Crippen LogP contribution >= 0.6 is 0 Å². The Morgan fingerprint density at radius 2 is 2.05 bits per heavy atom. The molecule has 0 unspecified atom stereocenters. The van der Waals surface area contributed by atoms with Crippen LogP contribution in [-0.2, 0) is 11.3 Å². The maximum absolute atomic E-state index is 11.0. The van der Waals surface area contributed by atoms with Gasteiger partial charge >= 0.3 is 0 Å². The van der Waals surface area contributed by atoms with E-state index >= 15 is 0 Å². The van der Waals surface area contributed by atoms with Crippen LogP contribution in [0.25, 0.3) is 0 Å². The largest absolute Gasteiger partial charge is 0.383 e. The lowest BCUT2D eigenvalue weighted by Gasteiger charge is -2.26. The quantitative estimate of drug-likeness (QED) is 0.658. The monoisotopic (exact) mass is 278 g/mol. The zero-order valence-corrected chi connectivity index (χ0v) is 12.1. The molecule has 0 aliphatic heterocycles. The van der Waals surface area contributed by atoms with Gasteiger partial charge < -0.3 is 10.1 Å². The highest BCUT2D eigenvalue weighted by molar-refractivity contribution is 5.62. The predicted molar refractivity (Wildman–Crippen MR) is 78.9 cm³/mol. The lowest BCUT2D eigenvalue weighted by Crippen LogP contribution is -2.20. The van der Waals surface area contributed by atoms with Gasteiger partial charge in [-0.25, -0.2) is 0 Å². The molecular weight excluding hydrogens is 256 g/mol. The van der Waals surface area contributed by atoms with Gasteiger partial charge in [0.1, 0.15) is 5.69 Å². The molecule has 1 fully saturated rings. The number of nitrogens with zero attached hydrogens (tertiary/aromatic N) is 1. The molecule has 2 rings (SSSR count). The molecule has 0 saturated heterocycles. The standard InChI is InChI=1S/C15H22N2O3/c1-11-3-6-13(7-4-11)20-10-12-5-8-14(16-2)15(9-12)17(18)19/h5,8-9,11,13,16H,3-4,6-7,10H2,1-2H3. The molecule has 5 nitrogen and oxygen atoms in total. The molecule has 0 aromatic heterocycles. The summed E-state index contributed by atoms with van der Waals surface area (Å²) in [6.45, 7) is 2.72. The molecule has 1 aliphatic rings. The van der Waals surface area contributed by atoms with Crippen molar-refractivity contribution in [3.63, 3.8) is 0 Å². The zero-order chi connectivity index (χ0) is 14.5. The Kier molecular flexibility index (Phi) is 4.95. The lowest BCUT2D eigenvalue weighted by molar-refractivity contribution is -0.384. The van der Waals surface area contributed by atoms with Crippen LogP contribution in [-0.4, -0.2) is 18.1 Å². The van der Waals surface area contributed by atoms with E-state index in [4.69, 9.17) is 4.74 Å². The van der Waals surface area contributed by atoms with Crippen LogP contribution in [0.4, 0.5) is 11.4 Å². The minimum absolute atomic E-state index is 0.103. The average molecular weight is 278 g/mol. The molecule has 0 bridgehead atoms. The SMILES string of the molecule is CNc1ccc(COC2CCC(C)CC2)cc1[N+](=O)[O-]. The van der Waals surface area contributed by atoms with E-state index in [1.54, 1.807) is 19.2 Å². The molecule has 1 aromatic carbocycles. The fraction of sp³-hybridized carbons (Fsp3) is 0.600. The highest BCUT2D eigenvalue weighted by Crippen LogP contribution is 2.28. The number of anilines is 1. The number of nitrogens with one attached hydrogen (secondary N) is 1. The molecule has 0 atom stereocenters. The van der Waals surface area contributed by atoms with Crippen LogP contribution in [0, 0.1) is 16.0 Å². The topological polar surface area (TPSA) is 64.4 Å². The van der Waals surface area contributed by atoms with Gasteiger partial charge in [-0.2, -0.15) is 0 Å². The summed E-state index contributed by atoms with van der Waals surface area (Å²) in [7, 11) is 1.68. The van der Waals surface area contributed by atoms with Gasteiger partial charge in [-0.3, -0.25) is 10.1 Å². The predicted octanol–water partition coefficient (Wildman–Crippen LogP) is 3.73. The zero-order valence-electron chi connectivity index (χ0n) is 12.1. The molecule has 0 radical (unpaired) electrons. The first-order chi connectivity index (χ1) is 9.60. The molecule has 1 N–H and O–H groups in total. The Morgan fingerprint density at radius 3 is 2.65 bits per heavy atom. The van der Waals surface area contributed by atoms with Crippen molar-refractivity contribution in [1.29, 1.82) is 0 Å². The highest BCUT2D eigenvalue weighted by Gasteiger charge is 2.19. The third-order valence-corrected chi connectivity index (χ3v) is 3.98. The maximum atomic E-state index is 11.0. The van der Waals surface area contributed by atoms with Gasteiger partial charge in [0, 0.05) is 13.1 Å². The summed E-state index contributed by atoms with van der Waals surface area (Å²) >= 11 is 0. The van der Waals surface area contributed by atoms with Crippen LogP contribution < -0.4 is 5.32 Å². The van der Waals surface area contributed by atoms with Gasteiger partial charge in [0.05, 0.1) is 17.6 Å². The number of ether oxygens (including phenoxy) is 1. The molecule has 1 aromatic rings. The summed E-state index contributed by atoms with van der Waals surface area (Å²) in [6.07, 6.45) is 4.91. The second-order valence-corrected chi connectivity index (χ2v) is 5.55. The number of hydrogen-bond donors (Lipinski definition) is 1. The third kappa shape index (κ3) is 3.70. The van der Waals surface area contributed by atoms with E-state index in [0.29, 0.717) is 18.4 Å². The Labute approximate surface area is 119 Å². The molecule has 1 aliphatic carbocycles. The summed E-state index contributed by atoms with van der Waals surface area (Å²) in [5.74, 6) is 0.797. The maximum Gasteiger partial charge on any atom is 0.292 e. The van der Waals surface area contributed by atoms with Gasteiger partial charge in [-0.15, -0.1) is 0 Å². The first kappa shape index (κ1) is 14.8. The molecule has 5 heteroatoms.